The number of aromatic nitrogens is 2. The Balaban J connectivity index is 2.21. The molecule has 126 valence electrons. The fraction of sp³-hybridized carbons (Fsp3) is 0.150. The number of fused-ring (bicyclic) bond motifs is 1. The van der Waals surface area contributed by atoms with Crippen LogP contribution in [0, 0.1) is 0 Å². The molecule has 0 amide bonds. The third-order valence-electron chi connectivity index (χ3n) is 3.68. The Morgan fingerprint density at radius 2 is 1.84 bits per heavy atom. The number of ether oxygens (including phenoxy) is 1. The molecule has 0 fully saturated rings. The van der Waals surface area contributed by atoms with Crippen LogP contribution in [0.3, 0.4) is 0 Å². The number of hydrogen-bond acceptors (Lipinski definition) is 5. The molecule has 5 nitrogen and oxygen atoms in total. The van der Waals surface area contributed by atoms with Crippen molar-refractivity contribution < 1.29 is 9.53 Å². The summed E-state index contributed by atoms with van der Waals surface area (Å²) in [5, 5.41) is 0.862. The van der Waals surface area contributed by atoms with E-state index in [1.165, 1.54) is 0 Å². The Labute approximate surface area is 146 Å². The lowest BCUT2D eigenvalue weighted by Crippen LogP contribution is -2.21. The van der Waals surface area contributed by atoms with Crippen molar-refractivity contribution in [3.8, 4) is 0 Å². The second kappa shape index (κ2) is 7.57. The first-order valence-electron chi connectivity index (χ1n) is 8.12. The standard InChI is InChI=1S/C20H19N3O2/c1-3-14-23(15-10-6-5-7-11-15)19-16-12-8-9-13-17(16)21-18(22-19)20(24)25-4-2/h3,5-13H,1,4,14H2,2H3. The van der Waals surface area contributed by atoms with Gasteiger partial charge in [0.25, 0.3) is 0 Å². The summed E-state index contributed by atoms with van der Waals surface area (Å²) < 4.78 is 5.07. The van der Waals surface area contributed by atoms with Crippen LogP contribution in [0.15, 0.2) is 67.3 Å². The lowest BCUT2D eigenvalue weighted by atomic mass is 10.2. The maximum absolute atomic E-state index is 12.2. The van der Waals surface area contributed by atoms with Gasteiger partial charge in [-0.25, -0.2) is 14.8 Å². The lowest BCUT2D eigenvalue weighted by Gasteiger charge is -2.24. The molecule has 1 heterocycles. The van der Waals surface area contributed by atoms with Crippen LogP contribution in [0.2, 0.25) is 0 Å². The summed E-state index contributed by atoms with van der Waals surface area (Å²) in [7, 11) is 0. The van der Waals surface area contributed by atoms with Crippen molar-refractivity contribution in [1.29, 1.82) is 0 Å². The number of hydrogen-bond donors (Lipinski definition) is 0. The highest BCUT2D eigenvalue weighted by molar-refractivity contribution is 5.95. The first-order valence-corrected chi connectivity index (χ1v) is 8.12. The predicted octanol–water partition coefficient (Wildman–Crippen LogP) is 4.13. The number of benzene rings is 2. The number of esters is 1. The van der Waals surface area contributed by atoms with Gasteiger partial charge in [0, 0.05) is 17.6 Å². The molecule has 3 rings (SSSR count). The largest absolute Gasteiger partial charge is 0.460 e. The fourth-order valence-corrected chi connectivity index (χ4v) is 2.60. The van der Waals surface area contributed by atoms with Crippen LogP contribution in [0.4, 0.5) is 11.5 Å². The Morgan fingerprint density at radius 3 is 2.56 bits per heavy atom. The Kier molecular flexibility index (Phi) is 5.04. The second-order valence-electron chi connectivity index (χ2n) is 5.34. The molecule has 0 saturated heterocycles. The summed E-state index contributed by atoms with van der Waals surface area (Å²) in [4.78, 5) is 23.0. The third-order valence-corrected chi connectivity index (χ3v) is 3.68. The van der Waals surface area contributed by atoms with Crippen molar-refractivity contribution >= 4 is 28.4 Å². The van der Waals surface area contributed by atoms with E-state index in [9.17, 15) is 4.79 Å². The number of carbonyl (C=O) groups excluding carboxylic acids is 1. The van der Waals surface area contributed by atoms with E-state index in [0.717, 1.165) is 11.1 Å². The van der Waals surface area contributed by atoms with E-state index in [0.29, 0.717) is 17.9 Å². The zero-order valence-electron chi connectivity index (χ0n) is 14.1. The highest BCUT2D eigenvalue weighted by atomic mass is 16.5. The number of carbonyl (C=O) groups is 1. The molecule has 0 atom stereocenters. The van der Waals surface area contributed by atoms with Gasteiger partial charge < -0.3 is 9.64 Å². The zero-order chi connectivity index (χ0) is 17.6. The molecule has 0 aliphatic rings. The molecule has 25 heavy (non-hydrogen) atoms. The summed E-state index contributed by atoms with van der Waals surface area (Å²) in [6.07, 6.45) is 1.80. The summed E-state index contributed by atoms with van der Waals surface area (Å²) in [5.41, 5.74) is 1.65. The van der Waals surface area contributed by atoms with E-state index >= 15 is 0 Å². The van der Waals surface area contributed by atoms with E-state index < -0.39 is 5.97 Å². The monoisotopic (exact) mass is 333 g/mol. The first kappa shape index (κ1) is 16.6. The minimum Gasteiger partial charge on any atom is -0.460 e. The Morgan fingerprint density at radius 1 is 1.12 bits per heavy atom. The molecule has 0 aliphatic heterocycles. The molecule has 0 bridgehead atoms. The van der Waals surface area contributed by atoms with Gasteiger partial charge in [-0.05, 0) is 31.2 Å². The van der Waals surface area contributed by atoms with Gasteiger partial charge in [-0.1, -0.05) is 36.4 Å². The Hall–Kier alpha value is -3.21. The van der Waals surface area contributed by atoms with Crippen molar-refractivity contribution in [1.82, 2.24) is 9.97 Å². The first-order chi connectivity index (χ1) is 12.2. The molecular weight excluding hydrogens is 314 g/mol. The van der Waals surface area contributed by atoms with Crippen LogP contribution < -0.4 is 4.90 Å². The van der Waals surface area contributed by atoms with Gasteiger partial charge in [0.15, 0.2) is 0 Å². The summed E-state index contributed by atoms with van der Waals surface area (Å²) in [6.45, 7) is 6.43. The quantitative estimate of drug-likeness (QED) is 0.501. The number of nitrogens with zero attached hydrogens (tertiary/aromatic N) is 3. The lowest BCUT2D eigenvalue weighted by molar-refractivity contribution is 0.0512. The van der Waals surface area contributed by atoms with Gasteiger partial charge in [0.05, 0.1) is 12.1 Å². The molecule has 0 saturated carbocycles. The summed E-state index contributed by atoms with van der Waals surface area (Å²) in [5.74, 6) is 0.182. The smallest absolute Gasteiger partial charge is 0.376 e. The predicted molar refractivity (Wildman–Crippen MR) is 99.1 cm³/mol. The van der Waals surface area contributed by atoms with Crippen molar-refractivity contribution in [2.45, 2.75) is 6.92 Å². The van der Waals surface area contributed by atoms with Crippen LogP contribution in [-0.2, 0) is 4.74 Å². The number of anilines is 2. The number of para-hydroxylation sites is 2. The SMILES string of the molecule is C=CCN(c1ccccc1)c1nc(C(=O)OCC)nc2ccccc12. The zero-order valence-corrected chi connectivity index (χ0v) is 14.1. The van der Waals surface area contributed by atoms with Crippen LogP contribution in [-0.4, -0.2) is 29.1 Å². The molecule has 3 aromatic rings. The van der Waals surface area contributed by atoms with E-state index in [-0.39, 0.29) is 12.4 Å². The van der Waals surface area contributed by atoms with Crippen LogP contribution in [0.5, 0.6) is 0 Å². The van der Waals surface area contributed by atoms with Crippen LogP contribution in [0.25, 0.3) is 10.9 Å². The average Bonchev–Trinajstić information content (AvgIpc) is 2.66. The van der Waals surface area contributed by atoms with Crippen molar-refractivity contribution in [3.05, 3.63) is 73.1 Å². The van der Waals surface area contributed by atoms with Crippen molar-refractivity contribution in [3.63, 3.8) is 0 Å². The van der Waals surface area contributed by atoms with Gasteiger partial charge in [-0.2, -0.15) is 0 Å². The van der Waals surface area contributed by atoms with E-state index in [1.807, 2.05) is 59.5 Å². The molecule has 0 unspecified atom stereocenters. The molecule has 2 aromatic carbocycles. The summed E-state index contributed by atoms with van der Waals surface area (Å²) >= 11 is 0. The van der Waals surface area contributed by atoms with Crippen molar-refractivity contribution in [2.75, 3.05) is 18.1 Å². The Bertz CT molecular complexity index is 894. The normalized spacial score (nSPS) is 10.4. The maximum Gasteiger partial charge on any atom is 0.376 e. The van der Waals surface area contributed by atoms with E-state index in [2.05, 4.69) is 16.5 Å². The minimum absolute atomic E-state index is 0.0561. The molecule has 0 aliphatic carbocycles. The topological polar surface area (TPSA) is 55.3 Å². The molecular formula is C20H19N3O2. The molecule has 5 heteroatoms. The van der Waals surface area contributed by atoms with E-state index in [1.54, 1.807) is 13.0 Å². The van der Waals surface area contributed by atoms with Gasteiger partial charge in [0.1, 0.15) is 5.82 Å². The number of rotatable bonds is 6. The molecule has 0 N–H and O–H groups in total. The second-order valence-corrected chi connectivity index (χ2v) is 5.34. The van der Waals surface area contributed by atoms with Gasteiger partial charge in [0.2, 0.25) is 5.82 Å². The molecule has 1 aromatic heterocycles. The van der Waals surface area contributed by atoms with Crippen LogP contribution >= 0.6 is 0 Å². The highest BCUT2D eigenvalue weighted by Gasteiger charge is 2.19. The minimum atomic E-state index is -0.527. The third kappa shape index (κ3) is 3.50. The van der Waals surface area contributed by atoms with Gasteiger partial charge in [-0.3, -0.25) is 0 Å². The van der Waals surface area contributed by atoms with Gasteiger partial charge >= 0.3 is 5.97 Å². The van der Waals surface area contributed by atoms with E-state index in [4.69, 9.17) is 4.74 Å². The van der Waals surface area contributed by atoms with Crippen molar-refractivity contribution in [2.24, 2.45) is 0 Å². The maximum atomic E-state index is 12.2. The molecule has 0 radical (unpaired) electrons. The fourth-order valence-electron chi connectivity index (χ4n) is 2.60. The average molecular weight is 333 g/mol. The van der Waals surface area contributed by atoms with Gasteiger partial charge in [-0.15, -0.1) is 6.58 Å². The summed E-state index contributed by atoms with van der Waals surface area (Å²) in [6, 6.07) is 17.5. The molecule has 0 spiro atoms. The highest BCUT2D eigenvalue weighted by Crippen LogP contribution is 2.30. The van der Waals surface area contributed by atoms with Crippen LogP contribution in [0.1, 0.15) is 17.5 Å².